The lowest BCUT2D eigenvalue weighted by Crippen LogP contribution is -2.59. The van der Waals surface area contributed by atoms with Gasteiger partial charge in [0.1, 0.15) is 0 Å². The molecule has 3 heteroatoms. The number of anilines is 1. The molecular weight excluding hydrogens is 302 g/mol. The number of halogens is 1. The third-order valence-corrected chi connectivity index (χ3v) is 4.95. The van der Waals surface area contributed by atoms with Crippen molar-refractivity contribution in [3.8, 4) is 0 Å². The van der Waals surface area contributed by atoms with Crippen LogP contribution in [0.25, 0.3) is 0 Å². The summed E-state index contributed by atoms with van der Waals surface area (Å²) >= 11 is 3.56. The fourth-order valence-electron chi connectivity index (χ4n) is 2.99. The first-order chi connectivity index (χ1) is 8.99. The molecule has 0 heterocycles. The number of hydrogen-bond donors (Lipinski definition) is 1. The molecule has 2 rings (SSSR count). The van der Waals surface area contributed by atoms with E-state index in [0.29, 0.717) is 12.1 Å². The van der Waals surface area contributed by atoms with Crippen molar-refractivity contribution < 1.29 is 4.74 Å². The van der Waals surface area contributed by atoms with Gasteiger partial charge in [0.25, 0.3) is 0 Å². The normalized spacial score (nSPS) is 29.9. The van der Waals surface area contributed by atoms with E-state index in [1.165, 1.54) is 11.3 Å². The molecule has 1 aromatic rings. The molecule has 0 radical (unpaired) electrons. The molecule has 3 unspecified atom stereocenters. The van der Waals surface area contributed by atoms with E-state index in [0.717, 1.165) is 23.9 Å². The average molecular weight is 326 g/mol. The summed E-state index contributed by atoms with van der Waals surface area (Å²) in [6.45, 7) is 9.60. The van der Waals surface area contributed by atoms with Crippen molar-refractivity contribution in [2.24, 2.45) is 5.41 Å². The summed E-state index contributed by atoms with van der Waals surface area (Å²) in [6.07, 6.45) is 2.64. The van der Waals surface area contributed by atoms with Crippen molar-refractivity contribution >= 4 is 21.6 Å². The molecule has 0 aliphatic heterocycles. The number of rotatable bonds is 5. The van der Waals surface area contributed by atoms with Gasteiger partial charge < -0.3 is 10.1 Å². The Kier molecular flexibility index (Phi) is 4.57. The van der Waals surface area contributed by atoms with Crippen LogP contribution in [0, 0.1) is 12.3 Å². The Balaban J connectivity index is 2.07. The van der Waals surface area contributed by atoms with Gasteiger partial charge in [-0.2, -0.15) is 0 Å². The Labute approximate surface area is 125 Å². The van der Waals surface area contributed by atoms with Crippen LogP contribution in [0.5, 0.6) is 0 Å². The van der Waals surface area contributed by atoms with Crippen LogP contribution in [-0.4, -0.2) is 18.8 Å². The quantitative estimate of drug-likeness (QED) is 0.842. The van der Waals surface area contributed by atoms with E-state index in [9.17, 15) is 0 Å². The van der Waals surface area contributed by atoms with E-state index in [4.69, 9.17) is 4.74 Å². The van der Waals surface area contributed by atoms with E-state index < -0.39 is 0 Å². The van der Waals surface area contributed by atoms with E-state index in [-0.39, 0.29) is 5.41 Å². The molecule has 1 fully saturated rings. The highest BCUT2D eigenvalue weighted by Gasteiger charge is 2.51. The largest absolute Gasteiger partial charge is 0.382 e. The molecule has 1 aliphatic carbocycles. The highest BCUT2D eigenvalue weighted by atomic mass is 79.9. The number of aryl methyl sites for hydroxylation is 1. The van der Waals surface area contributed by atoms with Gasteiger partial charge in [-0.25, -0.2) is 0 Å². The van der Waals surface area contributed by atoms with Crippen LogP contribution < -0.4 is 5.32 Å². The van der Waals surface area contributed by atoms with Gasteiger partial charge in [0, 0.05) is 28.2 Å². The van der Waals surface area contributed by atoms with E-state index in [2.05, 4.69) is 67.1 Å². The van der Waals surface area contributed by atoms with Crippen molar-refractivity contribution in [2.75, 3.05) is 11.9 Å². The van der Waals surface area contributed by atoms with Gasteiger partial charge in [0.05, 0.1) is 6.10 Å². The molecule has 0 aromatic heterocycles. The molecule has 19 heavy (non-hydrogen) atoms. The van der Waals surface area contributed by atoms with Crippen LogP contribution in [0.3, 0.4) is 0 Å². The predicted octanol–water partition coefficient (Wildman–Crippen LogP) is 4.76. The van der Waals surface area contributed by atoms with Gasteiger partial charge >= 0.3 is 0 Å². The lowest BCUT2D eigenvalue weighted by molar-refractivity contribution is -0.109. The lowest BCUT2D eigenvalue weighted by Gasteiger charge is -2.54. The summed E-state index contributed by atoms with van der Waals surface area (Å²) in [5.74, 6) is 0. The fraction of sp³-hybridized carbons (Fsp3) is 0.625. The zero-order valence-corrected chi connectivity index (χ0v) is 13.9. The first-order valence-electron chi connectivity index (χ1n) is 7.15. The second kappa shape index (κ2) is 5.84. The predicted molar refractivity (Wildman–Crippen MR) is 84.7 cm³/mol. The van der Waals surface area contributed by atoms with Crippen molar-refractivity contribution in [1.82, 2.24) is 0 Å². The third-order valence-electron chi connectivity index (χ3n) is 4.49. The van der Waals surface area contributed by atoms with Gasteiger partial charge in [-0.1, -0.05) is 29.8 Å². The van der Waals surface area contributed by atoms with Crippen molar-refractivity contribution in [2.45, 2.75) is 52.7 Å². The molecule has 1 aromatic carbocycles. The maximum absolute atomic E-state index is 5.85. The molecule has 3 atom stereocenters. The van der Waals surface area contributed by atoms with Crippen molar-refractivity contribution in [3.05, 3.63) is 28.2 Å². The maximum atomic E-state index is 5.85. The van der Waals surface area contributed by atoms with Gasteiger partial charge in [0.2, 0.25) is 0 Å². The SMILES string of the molecule is CCOC1CC(Nc2cc(C)cc(Br)c2)C1(C)CC. The maximum Gasteiger partial charge on any atom is 0.0667 e. The summed E-state index contributed by atoms with van der Waals surface area (Å²) in [7, 11) is 0. The summed E-state index contributed by atoms with van der Waals surface area (Å²) in [5, 5.41) is 3.68. The Morgan fingerprint density at radius 3 is 2.68 bits per heavy atom. The number of hydrogen-bond acceptors (Lipinski definition) is 2. The third kappa shape index (κ3) is 2.97. The molecule has 0 saturated heterocycles. The second-order valence-electron chi connectivity index (χ2n) is 5.75. The monoisotopic (exact) mass is 325 g/mol. The smallest absolute Gasteiger partial charge is 0.0667 e. The molecule has 0 bridgehead atoms. The van der Waals surface area contributed by atoms with E-state index in [1.54, 1.807) is 0 Å². The molecule has 0 amide bonds. The van der Waals surface area contributed by atoms with Crippen LogP contribution >= 0.6 is 15.9 Å². The lowest BCUT2D eigenvalue weighted by atomic mass is 9.61. The number of benzene rings is 1. The highest BCUT2D eigenvalue weighted by molar-refractivity contribution is 9.10. The van der Waals surface area contributed by atoms with Crippen LogP contribution in [-0.2, 0) is 4.74 Å². The standard InChI is InChI=1S/C16H24BrNO/c1-5-16(4)14(10-15(16)19-6-2)18-13-8-11(3)7-12(17)9-13/h7-9,14-15,18H,5-6,10H2,1-4H3. The molecule has 2 nitrogen and oxygen atoms in total. The molecule has 1 N–H and O–H groups in total. The minimum atomic E-state index is 0.242. The molecule has 0 spiro atoms. The first-order valence-corrected chi connectivity index (χ1v) is 7.94. The molecule has 106 valence electrons. The van der Waals surface area contributed by atoms with Crippen LogP contribution in [0.15, 0.2) is 22.7 Å². The summed E-state index contributed by atoms with van der Waals surface area (Å²) < 4.78 is 6.98. The van der Waals surface area contributed by atoms with Crippen LogP contribution in [0.4, 0.5) is 5.69 Å². The Hall–Kier alpha value is -0.540. The number of ether oxygens (including phenoxy) is 1. The van der Waals surface area contributed by atoms with Crippen molar-refractivity contribution in [3.63, 3.8) is 0 Å². The average Bonchev–Trinajstić information content (AvgIpc) is 2.35. The summed E-state index contributed by atoms with van der Waals surface area (Å²) in [5.41, 5.74) is 2.72. The summed E-state index contributed by atoms with van der Waals surface area (Å²) in [4.78, 5) is 0. The Morgan fingerprint density at radius 1 is 1.37 bits per heavy atom. The van der Waals surface area contributed by atoms with Crippen LogP contribution in [0.2, 0.25) is 0 Å². The minimum Gasteiger partial charge on any atom is -0.382 e. The van der Waals surface area contributed by atoms with Crippen LogP contribution in [0.1, 0.15) is 39.2 Å². The van der Waals surface area contributed by atoms with Gasteiger partial charge in [0.15, 0.2) is 0 Å². The topological polar surface area (TPSA) is 21.3 Å². The highest BCUT2D eigenvalue weighted by Crippen LogP contribution is 2.47. The molecule has 1 saturated carbocycles. The first kappa shape index (κ1) is 14.9. The van der Waals surface area contributed by atoms with E-state index >= 15 is 0 Å². The number of nitrogens with one attached hydrogen (secondary N) is 1. The zero-order valence-electron chi connectivity index (χ0n) is 12.3. The van der Waals surface area contributed by atoms with Gasteiger partial charge in [-0.15, -0.1) is 0 Å². The molecular formula is C16H24BrNO. The minimum absolute atomic E-state index is 0.242. The Bertz CT molecular complexity index is 428. The van der Waals surface area contributed by atoms with Gasteiger partial charge in [-0.05, 0) is 50.5 Å². The summed E-state index contributed by atoms with van der Waals surface area (Å²) in [6, 6.07) is 6.99. The van der Waals surface area contributed by atoms with Gasteiger partial charge in [-0.3, -0.25) is 0 Å². The van der Waals surface area contributed by atoms with Crippen molar-refractivity contribution in [1.29, 1.82) is 0 Å². The zero-order chi connectivity index (χ0) is 14.0. The Morgan fingerprint density at radius 2 is 2.11 bits per heavy atom. The second-order valence-corrected chi connectivity index (χ2v) is 6.67. The van der Waals surface area contributed by atoms with E-state index in [1.807, 2.05) is 0 Å². The fourth-order valence-corrected chi connectivity index (χ4v) is 3.60. The molecule has 1 aliphatic rings.